The highest BCUT2D eigenvalue weighted by atomic mass is 19.1. The lowest BCUT2D eigenvalue weighted by molar-refractivity contribution is 0.0689. The van der Waals surface area contributed by atoms with Crippen molar-refractivity contribution < 1.29 is 19.0 Å². The molecule has 0 saturated carbocycles. The Balaban J connectivity index is 1.63. The zero-order valence-corrected chi connectivity index (χ0v) is 20.0. The lowest BCUT2D eigenvalue weighted by Crippen LogP contribution is -2.42. The van der Waals surface area contributed by atoms with E-state index in [1.807, 2.05) is 6.92 Å². The molecule has 0 saturated heterocycles. The second-order valence-electron chi connectivity index (χ2n) is 8.13. The molecule has 0 fully saturated rings. The summed E-state index contributed by atoms with van der Waals surface area (Å²) in [5.41, 5.74) is 0.456. The van der Waals surface area contributed by atoms with Gasteiger partial charge in [-0.2, -0.15) is 4.98 Å². The van der Waals surface area contributed by atoms with Crippen LogP contribution in [-0.4, -0.2) is 35.4 Å². The van der Waals surface area contributed by atoms with Crippen molar-refractivity contribution in [1.29, 1.82) is 0 Å². The van der Waals surface area contributed by atoms with E-state index in [2.05, 4.69) is 20.5 Å². The van der Waals surface area contributed by atoms with E-state index in [9.17, 15) is 18.8 Å². The normalized spacial score (nSPS) is 10.8. The van der Waals surface area contributed by atoms with E-state index >= 15 is 0 Å². The largest absolute Gasteiger partial charge is 0.476 e. The van der Waals surface area contributed by atoms with Crippen molar-refractivity contribution in [1.82, 2.24) is 24.3 Å². The quantitative estimate of drug-likeness (QED) is 0.350. The first-order valence-electron chi connectivity index (χ1n) is 11.3. The molecule has 11 nitrogen and oxygen atoms in total. The molecule has 190 valence electrons. The minimum Gasteiger partial charge on any atom is -0.476 e. The number of aromatic nitrogens is 5. The molecule has 4 aromatic rings. The number of ether oxygens (including phenoxy) is 1. The predicted octanol–water partition coefficient (Wildman–Crippen LogP) is 3.33. The minimum absolute atomic E-state index is 0.0369. The third-order valence-corrected chi connectivity index (χ3v) is 5.36. The summed E-state index contributed by atoms with van der Waals surface area (Å²) in [6, 6.07) is 13.4. The van der Waals surface area contributed by atoms with Gasteiger partial charge in [0, 0.05) is 18.3 Å². The maximum atomic E-state index is 13.4. The summed E-state index contributed by atoms with van der Waals surface area (Å²) >= 11 is 0. The van der Waals surface area contributed by atoms with Gasteiger partial charge in [-0.25, -0.2) is 23.3 Å². The molecule has 0 atom stereocenters. The van der Waals surface area contributed by atoms with E-state index in [0.717, 1.165) is 4.57 Å². The van der Waals surface area contributed by atoms with Gasteiger partial charge in [0.25, 0.3) is 0 Å². The molecule has 0 unspecified atom stereocenters. The molecule has 2 aromatic heterocycles. The van der Waals surface area contributed by atoms with Crippen molar-refractivity contribution in [3.05, 3.63) is 98.2 Å². The lowest BCUT2D eigenvalue weighted by Gasteiger charge is -2.16. The van der Waals surface area contributed by atoms with Crippen LogP contribution in [0, 0.1) is 12.7 Å². The van der Waals surface area contributed by atoms with Gasteiger partial charge in [0.15, 0.2) is 5.69 Å². The Kier molecular flexibility index (Phi) is 7.37. The Morgan fingerprint density at radius 2 is 1.81 bits per heavy atom. The summed E-state index contributed by atoms with van der Waals surface area (Å²) in [6.45, 7) is 3.91. The second-order valence-corrected chi connectivity index (χ2v) is 8.13. The number of nitrogens with one attached hydrogen (secondary N) is 1. The van der Waals surface area contributed by atoms with E-state index in [1.165, 1.54) is 28.8 Å². The highest BCUT2D eigenvalue weighted by Crippen LogP contribution is 2.27. The smallest absolute Gasteiger partial charge is 0.356 e. The molecule has 0 amide bonds. The van der Waals surface area contributed by atoms with E-state index < -0.39 is 23.2 Å². The molecule has 0 spiro atoms. The third-order valence-electron chi connectivity index (χ3n) is 5.36. The van der Waals surface area contributed by atoms with E-state index in [0.29, 0.717) is 29.0 Å². The number of carboxylic acid groups (broad SMARTS) is 1. The van der Waals surface area contributed by atoms with Crippen LogP contribution < -0.4 is 21.4 Å². The van der Waals surface area contributed by atoms with Crippen LogP contribution in [0.15, 0.2) is 64.2 Å². The first-order valence-corrected chi connectivity index (χ1v) is 11.3. The number of nitrogens with zero attached hydrogens (tertiary/aromatic N) is 5. The predicted molar refractivity (Wildman–Crippen MR) is 132 cm³/mol. The molecule has 2 N–H and O–H groups in total. The van der Waals surface area contributed by atoms with Gasteiger partial charge in [-0.05, 0) is 60.9 Å². The average molecular weight is 506 g/mol. The number of carbonyl (C=O) groups is 1. The van der Waals surface area contributed by atoms with Crippen molar-refractivity contribution in [3.8, 4) is 11.6 Å². The SMILES string of the molecule is CCCn1c(=O)nc(Nc2ccc(Oc3ccc(C(=O)O)nn3)c(C)c2)n(Cc2ccc(F)cc2)c1=O. The van der Waals surface area contributed by atoms with Gasteiger partial charge >= 0.3 is 17.3 Å². The fraction of sp³-hybridized carbons (Fsp3) is 0.200. The molecular weight excluding hydrogens is 483 g/mol. The summed E-state index contributed by atoms with van der Waals surface area (Å²) in [5, 5.41) is 19.3. The van der Waals surface area contributed by atoms with Gasteiger partial charge in [0.05, 0.1) is 6.54 Å². The van der Waals surface area contributed by atoms with Crippen molar-refractivity contribution in [2.45, 2.75) is 33.4 Å². The summed E-state index contributed by atoms with van der Waals surface area (Å²) in [4.78, 5) is 40.7. The molecule has 0 aliphatic heterocycles. The fourth-order valence-electron chi connectivity index (χ4n) is 3.53. The molecule has 37 heavy (non-hydrogen) atoms. The first kappa shape index (κ1) is 25.2. The van der Waals surface area contributed by atoms with Crippen LogP contribution in [0.4, 0.5) is 16.0 Å². The zero-order valence-electron chi connectivity index (χ0n) is 20.0. The third kappa shape index (κ3) is 5.86. The number of hydrogen-bond donors (Lipinski definition) is 2. The van der Waals surface area contributed by atoms with Crippen LogP contribution >= 0.6 is 0 Å². The molecule has 12 heteroatoms. The van der Waals surface area contributed by atoms with Crippen molar-refractivity contribution in [2.24, 2.45) is 0 Å². The molecular formula is C25H23FN6O5. The van der Waals surface area contributed by atoms with Crippen LogP contribution in [0.2, 0.25) is 0 Å². The summed E-state index contributed by atoms with van der Waals surface area (Å²) in [5.74, 6) is -0.999. The molecule has 0 bridgehead atoms. The van der Waals surface area contributed by atoms with Crippen LogP contribution in [0.1, 0.15) is 35.0 Å². The van der Waals surface area contributed by atoms with Gasteiger partial charge in [0.1, 0.15) is 11.6 Å². The number of aryl methyl sites for hydroxylation is 1. The lowest BCUT2D eigenvalue weighted by atomic mass is 10.2. The molecule has 2 heterocycles. The van der Waals surface area contributed by atoms with Gasteiger partial charge in [-0.3, -0.25) is 4.57 Å². The summed E-state index contributed by atoms with van der Waals surface area (Å²) < 4.78 is 21.4. The number of halogens is 1. The van der Waals surface area contributed by atoms with Crippen LogP contribution in [0.3, 0.4) is 0 Å². The molecule has 0 radical (unpaired) electrons. The number of carboxylic acids is 1. The van der Waals surface area contributed by atoms with Gasteiger partial charge in [-0.1, -0.05) is 19.1 Å². The highest BCUT2D eigenvalue weighted by molar-refractivity contribution is 5.84. The monoisotopic (exact) mass is 506 g/mol. The first-order chi connectivity index (χ1) is 17.7. The molecule has 2 aromatic carbocycles. The highest BCUT2D eigenvalue weighted by Gasteiger charge is 2.15. The number of hydrogen-bond acceptors (Lipinski definition) is 8. The summed E-state index contributed by atoms with van der Waals surface area (Å²) in [6.07, 6.45) is 0.574. The number of benzene rings is 2. The Labute approximate surface area is 209 Å². The zero-order chi connectivity index (χ0) is 26.5. The van der Waals surface area contributed by atoms with Gasteiger partial charge in [-0.15, -0.1) is 10.2 Å². The Hall–Kier alpha value is -4.87. The number of rotatable bonds is 9. The van der Waals surface area contributed by atoms with Gasteiger partial charge < -0.3 is 15.2 Å². The summed E-state index contributed by atoms with van der Waals surface area (Å²) in [7, 11) is 0. The molecule has 0 aliphatic rings. The van der Waals surface area contributed by atoms with E-state index in [1.54, 1.807) is 37.3 Å². The number of aromatic carboxylic acids is 1. The number of anilines is 2. The van der Waals surface area contributed by atoms with Crippen molar-refractivity contribution >= 4 is 17.6 Å². The van der Waals surface area contributed by atoms with Crippen LogP contribution in [0.25, 0.3) is 0 Å². The Bertz CT molecular complexity index is 1550. The fourth-order valence-corrected chi connectivity index (χ4v) is 3.53. The molecule has 0 aliphatic carbocycles. The standard InChI is InChI=1S/C25H23FN6O5/c1-3-12-31-24(35)28-23(32(25(31)36)14-16-4-6-17(26)7-5-16)27-18-8-10-20(15(2)13-18)37-21-11-9-19(22(33)34)29-30-21/h4-11,13H,3,12,14H2,1-2H3,(H,33,34)(H,27,28,35). The Morgan fingerprint density at radius 3 is 2.43 bits per heavy atom. The van der Waals surface area contributed by atoms with E-state index in [-0.39, 0.29) is 30.6 Å². The maximum absolute atomic E-state index is 13.4. The topological polar surface area (TPSA) is 141 Å². The van der Waals surface area contributed by atoms with E-state index in [4.69, 9.17) is 9.84 Å². The maximum Gasteiger partial charge on any atom is 0.356 e. The average Bonchev–Trinajstić information content (AvgIpc) is 2.87. The minimum atomic E-state index is -1.19. The van der Waals surface area contributed by atoms with Crippen LogP contribution in [0.5, 0.6) is 11.6 Å². The second kappa shape index (κ2) is 10.8. The van der Waals surface area contributed by atoms with Crippen LogP contribution in [-0.2, 0) is 13.1 Å². The van der Waals surface area contributed by atoms with Crippen molar-refractivity contribution in [3.63, 3.8) is 0 Å². The van der Waals surface area contributed by atoms with Crippen molar-refractivity contribution in [2.75, 3.05) is 5.32 Å². The molecule has 4 rings (SSSR count). The Morgan fingerprint density at radius 1 is 1.05 bits per heavy atom. The van der Waals surface area contributed by atoms with Gasteiger partial charge in [0.2, 0.25) is 11.8 Å².